The zero-order valence-corrected chi connectivity index (χ0v) is 10.9. The molecule has 2 N–H and O–H groups in total. The van der Waals surface area contributed by atoms with E-state index in [2.05, 4.69) is 4.90 Å². The van der Waals surface area contributed by atoms with Crippen LogP contribution in [0.3, 0.4) is 0 Å². The molecule has 1 rings (SSSR count). The molecule has 0 aliphatic heterocycles. The summed E-state index contributed by atoms with van der Waals surface area (Å²) in [5, 5.41) is 18.9. The molecule has 2 atom stereocenters. The molecule has 3 nitrogen and oxygen atoms in total. The maximum Gasteiger partial charge on any atom is 0.0787 e. The minimum Gasteiger partial charge on any atom is -0.393 e. The van der Waals surface area contributed by atoms with Crippen molar-refractivity contribution in [3.05, 3.63) is 29.8 Å². The molecular weight excluding hydrogens is 214 g/mol. The first-order chi connectivity index (χ1) is 8.04. The first-order valence-electron chi connectivity index (χ1n) is 6.21. The van der Waals surface area contributed by atoms with Gasteiger partial charge in [0.1, 0.15) is 0 Å². The van der Waals surface area contributed by atoms with Crippen LogP contribution in [0.4, 0.5) is 5.69 Å². The smallest absolute Gasteiger partial charge is 0.0787 e. The Balaban J connectivity index is 2.60. The summed E-state index contributed by atoms with van der Waals surface area (Å²) in [5.41, 5.74) is 2.07. The molecule has 0 spiro atoms. The highest BCUT2D eigenvalue weighted by molar-refractivity contribution is 5.47. The zero-order valence-electron chi connectivity index (χ0n) is 10.9. The van der Waals surface area contributed by atoms with Crippen molar-refractivity contribution in [2.75, 3.05) is 18.5 Å². The van der Waals surface area contributed by atoms with Crippen LogP contribution in [0.2, 0.25) is 0 Å². The highest BCUT2D eigenvalue weighted by Crippen LogP contribution is 2.20. The van der Waals surface area contributed by atoms with Gasteiger partial charge >= 0.3 is 0 Å². The van der Waals surface area contributed by atoms with Crippen molar-refractivity contribution >= 4 is 5.69 Å². The van der Waals surface area contributed by atoms with Crippen LogP contribution in [0.15, 0.2) is 24.3 Å². The van der Waals surface area contributed by atoms with Gasteiger partial charge < -0.3 is 15.1 Å². The lowest BCUT2D eigenvalue weighted by Crippen LogP contribution is -2.21. The van der Waals surface area contributed by atoms with E-state index in [1.54, 1.807) is 6.92 Å². The summed E-state index contributed by atoms with van der Waals surface area (Å²) in [6.07, 6.45) is 0.859. The molecule has 0 aromatic heterocycles. The van der Waals surface area contributed by atoms with Crippen molar-refractivity contribution in [2.45, 2.75) is 38.9 Å². The summed E-state index contributed by atoms with van der Waals surface area (Å²) in [4.78, 5) is 2.11. The summed E-state index contributed by atoms with van der Waals surface area (Å²) >= 11 is 0. The monoisotopic (exact) mass is 237 g/mol. The molecule has 96 valence electrons. The molecule has 1 aromatic carbocycles. The maximum atomic E-state index is 9.69. The van der Waals surface area contributed by atoms with Gasteiger partial charge in [-0.25, -0.2) is 0 Å². The van der Waals surface area contributed by atoms with Crippen molar-refractivity contribution in [3.63, 3.8) is 0 Å². The molecule has 0 saturated carbocycles. The first-order valence-corrected chi connectivity index (χ1v) is 6.21. The number of nitrogens with zero attached hydrogens (tertiary/aromatic N) is 1. The Morgan fingerprint density at radius 1 is 1.18 bits per heavy atom. The van der Waals surface area contributed by atoms with E-state index < -0.39 is 0 Å². The zero-order chi connectivity index (χ0) is 12.8. The van der Waals surface area contributed by atoms with Crippen molar-refractivity contribution < 1.29 is 10.2 Å². The number of hydrogen-bond acceptors (Lipinski definition) is 3. The quantitative estimate of drug-likeness (QED) is 0.798. The van der Waals surface area contributed by atoms with Gasteiger partial charge in [0.2, 0.25) is 0 Å². The fourth-order valence-electron chi connectivity index (χ4n) is 1.70. The van der Waals surface area contributed by atoms with E-state index in [1.165, 1.54) is 0 Å². The van der Waals surface area contributed by atoms with Gasteiger partial charge in [-0.2, -0.15) is 0 Å². The minimum absolute atomic E-state index is 0.265. The van der Waals surface area contributed by atoms with E-state index in [1.807, 2.05) is 38.2 Å². The fraction of sp³-hybridized carbons (Fsp3) is 0.571. The summed E-state index contributed by atoms with van der Waals surface area (Å²) in [5.74, 6) is 0. The van der Waals surface area contributed by atoms with Crippen LogP contribution >= 0.6 is 0 Å². The molecular formula is C14H23NO2. The average Bonchev–Trinajstić information content (AvgIpc) is 2.35. The van der Waals surface area contributed by atoms with Gasteiger partial charge in [0, 0.05) is 19.3 Å². The topological polar surface area (TPSA) is 43.7 Å². The Kier molecular flexibility index (Phi) is 5.45. The van der Waals surface area contributed by atoms with Gasteiger partial charge in [0.25, 0.3) is 0 Å². The van der Waals surface area contributed by atoms with Gasteiger partial charge in [0.05, 0.1) is 12.2 Å². The average molecular weight is 237 g/mol. The van der Waals surface area contributed by atoms with Gasteiger partial charge in [-0.05, 0) is 37.5 Å². The largest absolute Gasteiger partial charge is 0.393 e. The van der Waals surface area contributed by atoms with E-state index in [9.17, 15) is 10.2 Å². The summed E-state index contributed by atoms with van der Waals surface area (Å²) in [7, 11) is 2.01. The first kappa shape index (κ1) is 14.0. The third-order valence-corrected chi connectivity index (χ3v) is 2.99. The van der Waals surface area contributed by atoms with E-state index in [4.69, 9.17) is 0 Å². The molecule has 0 radical (unpaired) electrons. The Morgan fingerprint density at radius 2 is 1.76 bits per heavy atom. The van der Waals surface area contributed by atoms with Crippen LogP contribution in [0.1, 0.15) is 38.4 Å². The molecule has 3 heteroatoms. The molecule has 0 aliphatic rings. The predicted octanol–water partition coefficient (Wildman–Crippen LogP) is 2.34. The maximum absolute atomic E-state index is 9.69. The highest BCUT2D eigenvalue weighted by atomic mass is 16.3. The molecule has 1 aromatic rings. The molecule has 0 heterocycles. The summed E-state index contributed by atoms with van der Waals surface area (Å²) in [6, 6.07) is 7.94. The number of anilines is 1. The highest BCUT2D eigenvalue weighted by Gasteiger charge is 2.06. The molecule has 0 bridgehead atoms. The number of benzene rings is 1. The van der Waals surface area contributed by atoms with E-state index in [0.29, 0.717) is 0 Å². The van der Waals surface area contributed by atoms with Crippen molar-refractivity contribution in [3.8, 4) is 0 Å². The lowest BCUT2D eigenvalue weighted by Gasteiger charge is -2.20. The van der Waals surface area contributed by atoms with Gasteiger partial charge in [0.15, 0.2) is 0 Å². The van der Waals surface area contributed by atoms with Gasteiger partial charge in [-0.3, -0.25) is 0 Å². The third-order valence-electron chi connectivity index (χ3n) is 2.99. The standard InChI is InChI=1S/C14H23NO2/c1-4-14(17)12-5-7-13(8-6-12)15(3)10-9-11(2)16/h5-8,11,14,16-17H,4,9-10H2,1-3H3/t11?,14-/m1/s1. The number of hydrogen-bond donors (Lipinski definition) is 2. The second kappa shape index (κ2) is 6.62. The van der Waals surface area contributed by atoms with Crippen molar-refractivity contribution in [1.29, 1.82) is 0 Å². The Hall–Kier alpha value is -1.06. The Labute approximate surface area is 104 Å². The Morgan fingerprint density at radius 3 is 2.24 bits per heavy atom. The second-order valence-electron chi connectivity index (χ2n) is 4.57. The number of aliphatic hydroxyl groups is 2. The van der Waals surface area contributed by atoms with E-state index in [0.717, 1.165) is 30.6 Å². The minimum atomic E-state index is -0.369. The van der Waals surface area contributed by atoms with E-state index in [-0.39, 0.29) is 12.2 Å². The van der Waals surface area contributed by atoms with Crippen LogP contribution < -0.4 is 4.90 Å². The summed E-state index contributed by atoms with van der Waals surface area (Å²) < 4.78 is 0. The fourth-order valence-corrected chi connectivity index (χ4v) is 1.70. The molecule has 0 aliphatic carbocycles. The number of rotatable bonds is 6. The summed E-state index contributed by atoms with van der Waals surface area (Å²) in [6.45, 7) is 4.59. The molecule has 0 fully saturated rings. The van der Waals surface area contributed by atoms with Crippen LogP contribution in [0, 0.1) is 0 Å². The van der Waals surface area contributed by atoms with Gasteiger partial charge in [-0.15, -0.1) is 0 Å². The van der Waals surface area contributed by atoms with Crippen LogP contribution in [-0.4, -0.2) is 29.9 Å². The molecule has 0 amide bonds. The SMILES string of the molecule is CC[C@@H](O)c1ccc(N(C)CCC(C)O)cc1. The van der Waals surface area contributed by atoms with Crippen LogP contribution in [0.5, 0.6) is 0 Å². The number of aliphatic hydroxyl groups excluding tert-OH is 2. The molecule has 17 heavy (non-hydrogen) atoms. The van der Waals surface area contributed by atoms with Gasteiger partial charge in [-0.1, -0.05) is 19.1 Å². The second-order valence-corrected chi connectivity index (χ2v) is 4.57. The lowest BCUT2D eigenvalue weighted by atomic mass is 10.1. The van der Waals surface area contributed by atoms with Crippen molar-refractivity contribution in [2.24, 2.45) is 0 Å². The predicted molar refractivity (Wildman–Crippen MR) is 71.3 cm³/mol. The molecule has 0 saturated heterocycles. The van der Waals surface area contributed by atoms with Crippen LogP contribution in [-0.2, 0) is 0 Å². The lowest BCUT2D eigenvalue weighted by molar-refractivity contribution is 0.173. The van der Waals surface area contributed by atoms with Crippen molar-refractivity contribution in [1.82, 2.24) is 0 Å². The molecule has 1 unspecified atom stereocenters. The third kappa shape index (κ3) is 4.36. The normalized spacial score (nSPS) is 14.4. The Bertz CT molecular complexity index is 321. The van der Waals surface area contributed by atoms with E-state index >= 15 is 0 Å². The van der Waals surface area contributed by atoms with Crippen LogP contribution in [0.25, 0.3) is 0 Å².